The summed E-state index contributed by atoms with van der Waals surface area (Å²) in [6.45, 7) is 2.81. The molecule has 2 aromatic rings. The minimum atomic E-state index is -1.05. The number of rotatable bonds is 4. The van der Waals surface area contributed by atoms with Gasteiger partial charge in [0.25, 0.3) is 0 Å². The number of fused-ring (bicyclic) bond motifs is 6. The van der Waals surface area contributed by atoms with E-state index in [4.69, 9.17) is 9.72 Å². The molecule has 0 radical (unpaired) electrons. The molecule has 3 aliphatic rings. The maximum atomic E-state index is 12.4. The number of hydrogen-bond acceptors (Lipinski definition) is 10. The monoisotopic (exact) mass is 538 g/mol. The third kappa shape index (κ3) is 5.81. The molecule has 13 nitrogen and oxygen atoms in total. The van der Waals surface area contributed by atoms with Gasteiger partial charge in [-0.3, -0.25) is 4.79 Å². The summed E-state index contributed by atoms with van der Waals surface area (Å²) in [7, 11) is 3.19. The van der Waals surface area contributed by atoms with Gasteiger partial charge in [-0.1, -0.05) is 18.9 Å². The zero-order valence-electron chi connectivity index (χ0n) is 22.4. The number of ether oxygens (including phenoxy) is 1. The van der Waals surface area contributed by atoms with Gasteiger partial charge in [0.2, 0.25) is 23.8 Å². The number of carboxylic acids is 1. The van der Waals surface area contributed by atoms with Gasteiger partial charge in [-0.2, -0.15) is 15.0 Å². The van der Waals surface area contributed by atoms with E-state index in [1.165, 1.54) is 11.8 Å². The lowest BCUT2D eigenvalue weighted by Gasteiger charge is -2.42. The molecule has 2 atom stereocenters. The molecule has 2 amide bonds. The molecule has 1 saturated heterocycles. The van der Waals surface area contributed by atoms with Crippen LogP contribution in [0.15, 0.2) is 18.2 Å². The Kier molecular flexibility index (Phi) is 7.40. The second-order valence-electron chi connectivity index (χ2n) is 10.4. The third-order valence-corrected chi connectivity index (χ3v) is 7.47. The van der Waals surface area contributed by atoms with E-state index in [1.54, 1.807) is 37.2 Å². The van der Waals surface area contributed by atoms with E-state index in [0.29, 0.717) is 37.3 Å². The Morgan fingerprint density at radius 3 is 2.59 bits per heavy atom. The molecule has 208 valence electrons. The van der Waals surface area contributed by atoms with Crippen LogP contribution in [0.25, 0.3) is 0 Å². The number of aromatic nitrogens is 3. The Labute approximate surface area is 226 Å². The van der Waals surface area contributed by atoms with E-state index in [9.17, 15) is 19.5 Å². The van der Waals surface area contributed by atoms with Crippen LogP contribution in [-0.4, -0.2) is 93.6 Å². The highest BCUT2D eigenvalue weighted by molar-refractivity contribution is 5.78. The molecule has 1 aromatic heterocycles. The minimum absolute atomic E-state index is 0.0616. The number of benzene rings is 1. The van der Waals surface area contributed by atoms with Crippen LogP contribution in [0.4, 0.5) is 22.6 Å². The summed E-state index contributed by atoms with van der Waals surface area (Å²) >= 11 is 0. The average Bonchev–Trinajstić information content (AvgIpc) is 3.41. The quantitative estimate of drug-likeness (QED) is 0.525. The molecule has 1 unspecified atom stereocenters. The van der Waals surface area contributed by atoms with Crippen LogP contribution in [0.5, 0.6) is 5.75 Å². The van der Waals surface area contributed by atoms with Gasteiger partial charge in [-0.25, -0.2) is 9.59 Å². The smallest absolute Gasteiger partial charge is 0.414 e. The molecule has 39 heavy (non-hydrogen) atoms. The van der Waals surface area contributed by atoms with Crippen LogP contribution < -0.4 is 20.3 Å². The highest BCUT2D eigenvalue weighted by Crippen LogP contribution is 2.36. The summed E-state index contributed by atoms with van der Waals surface area (Å²) in [6.07, 6.45) is 3.90. The fourth-order valence-corrected chi connectivity index (χ4v) is 5.35. The maximum absolute atomic E-state index is 12.4. The second kappa shape index (κ2) is 10.9. The lowest BCUT2D eigenvalue weighted by molar-refractivity contribution is -0.138. The van der Waals surface area contributed by atoms with Crippen molar-refractivity contribution in [3.05, 3.63) is 29.3 Å². The van der Waals surface area contributed by atoms with Crippen molar-refractivity contribution in [3.63, 3.8) is 0 Å². The maximum Gasteiger partial charge on any atom is 0.414 e. The van der Waals surface area contributed by atoms with Gasteiger partial charge in [0.05, 0.1) is 6.04 Å². The number of carboxylic acid groups (broad SMARTS) is 1. The molecular formula is C26H34N8O5. The molecule has 0 spiro atoms. The first-order chi connectivity index (χ1) is 18.7. The third-order valence-electron chi connectivity index (χ3n) is 7.47. The first-order valence-corrected chi connectivity index (χ1v) is 13.2. The molecule has 5 rings (SSSR count). The zero-order valence-corrected chi connectivity index (χ0v) is 22.4. The second-order valence-corrected chi connectivity index (χ2v) is 10.4. The summed E-state index contributed by atoms with van der Waals surface area (Å²) in [4.78, 5) is 56.0. The van der Waals surface area contributed by atoms with Gasteiger partial charge in [-0.05, 0) is 36.1 Å². The molecule has 1 aromatic carbocycles. The highest BCUT2D eigenvalue weighted by atomic mass is 16.6. The number of aliphatic carboxylic acids is 1. The molecule has 2 fully saturated rings. The molecule has 13 heteroatoms. The van der Waals surface area contributed by atoms with Gasteiger partial charge >= 0.3 is 12.1 Å². The molecule has 1 saturated carbocycles. The Balaban J connectivity index is 1.62. The Hall–Kier alpha value is -4.16. The normalized spacial score (nSPS) is 20.8. The highest BCUT2D eigenvalue weighted by Gasteiger charge is 2.36. The van der Waals surface area contributed by atoms with Crippen molar-refractivity contribution in [3.8, 4) is 5.75 Å². The first-order valence-electron chi connectivity index (χ1n) is 13.2. The van der Waals surface area contributed by atoms with Crippen molar-refractivity contribution < 1.29 is 24.2 Å². The molecule has 1 aliphatic carbocycles. The summed E-state index contributed by atoms with van der Waals surface area (Å²) < 4.78 is 5.54. The Morgan fingerprint density at radius 2 is 1.90 bits per heavy atom. The summed E-state index contributed by atoms with van der Waals surface area (Å²) in [5.74, 6) is 0.163. The van der Waals surface area contributed by atoms with E-state index in [2.05, 4.69) is 20.6 Å². The number of nitrogens with zero attached hydrogens (tertiary/aromatic N) is 6. The topological polar surface area (TPSA) is 153 Å². The standard InChI is InChI=1S/C26H34N8O5/c1-15(35)33-10-11-34-21(14-33)19-13-18(39-26(38)32(2)3)9-8-16(19)12-20(22(36)37)28-24-29-23(30-25(34)31-24)27-17-6-4-5-7-17/h8-9,13,17,20-21H,4-7,10-12,14H2,1-3H3,(H,36,37)(H2,27,28,29,30,31)/t20-,21?/m0/s1. The van der Waals surface area contributed by atoms with Crippen LogP contribution >= 0.6 is 0 Å². The SMILES string of the molecule is CC(=O)N1CCN2c3nc(NC4CCCC4)nc(n3)N[C@H](C(=O)O)Cc3ccc(OC(=O)N(C)C)cc3C2C1. The lowest BCUT2D eigenvalue weighted by Crippen LogP contribution is -2.51. The van der Waals surface area contributed by atoms with Crippen molar-refractivity contribution in [2.24, 2.45) is 0 Å². The summed E-state index contributed by atoms with van der Waals surface area (Å²) in [6, 6.07) is 3.99. The Morgan fingerprint density at radius 1 is 1.13 bits per heavy atom. The van der Waals surface area contributed by atoms with E-state index in [-0.39, 0.29) is 24.3 Å². The Bertz CT molecular complexity index is 1260. The van der Waals surface area contributed by atoms with Gasteiger partial charge in [0, 0.05) is 53.1 Å². The summed E-state index contributed by atoms with van der Waals surface area (Å²) in [5, 5.41) is 16.5. The predicted octanol–water partition coefficient (Wildman–Crippen LogP) is 2.12. The van der Waals surface area contributed by atoms with Crippen molar-refractivity contribution >= 4 is 35.8 Å². The minimum Gasteiger partial charge on any atom is -0.480 e. The molecular weight excluding hydrogens is 504 g/mol. The van der Waals surface area contributed by atoms with Crippen molar-refractivity contribution in [1.82, 2.24) is 24.8 Å². The van der Waals surface area contributed by atoms with Crippen LogP contribution in [0.3, 0.4) is 0 Å². The number of piperazine rings is 1. The van der Waals surface area contributed by atoms with E-state index >= 15 is 0 Å². The van der Waals surface area contributed by atoms with Gasteiger partial charge in [-0.15, -0.1) is 0 Å². The molecule has 3 N–H and O–H groups in total. The number of carbonyl (C=O) groups is 3. The number of carbonyl (C=O) groups excluding carboxylic acids is 2. The van der Waals surface area contributed by atoms with E-state index in [1.807, 2.05) is 4.90 Å². The molecule has 3 heterocycles. The van der Waals surface area contributed by atoms with Gasteiger partial charge < -0.3 is 35.2 Å². The van der Waals surface area contributed by atoms with Crippen LogP contribution in [0, 0.1) is 0 Å². The van der Waals surface area contributed by atoms with Gasteiger partial charge in [0.1, 0.15) is 11.8 Å². The van der Waals surface area contributed by atoms with Crippen molar-refractivity contribution in [2.45, 2.75) is 57.2 Å². The van der Waals surface area contributed by atoms with E-state index < -0.39 is 24.1 Å². The molecule has 2 aliphatic heterocycles. The van der Waals surface area contributed by atoms with E-state index in [0.717, 1.165) is 36.8 Å². The fraction of sp³-hybridized carbons (Fsp3) is 0.538. The zero-order chi connectivity index (χ0) is 27.7. The van der Waals surface area contributed by atoms with Crippen LogP contribution in [0.2, 0.25) is 0 Å². The average molecular weight is 539 g/mol. The van der Waals surface area contributed by atoms with Crippen LogP contribution in [-0.2, 0) is 16.0 Å². The van der Waals surface area contributed by atoms with Gasteiger partial charge in [0.15, 0.2) is 0 Å². The van der Waals surface area contributed by atoms with Crippen molar-refractivity contribution in [1.29, 1.82) is 0 Å². The number of amides is 2. The predicted molar refractivity (Wildman–Crippen MR) is 143 cm³/mol. The largest absolute Gasteiger partial charge is 0.480 e. The van der Waals surface area contributed by atoms with Crippen LogP contribution in [0.1, 0.15) is 49.8 Å². The fourth-order valence-electron chi connectivity index (χ4n) is 5.35. The summed E-state index contributed by atoms with van der Waals surface area (Å²) in [5.41, 5.74) is 1.49. The first kappa shape index (κ1) is 26.4. The number of nitrogens with one attached hydrogen (secondary N) is 2. The van der Waals surface area contributed by atoms with Crippen molar-refractivity contribution in [2.75, 3.05) is 49.3 Å². The number of hydrogen-bond donors (Lipinski definition) is 3. The lowest BCUT2D eigenvalue weighted by atomic mass is 9.92. The number of anilines is 3. The molecule has 2 bridgehead atoms.